The van der Waals surface area contributed by atoms with E-state index in [1.165, 1.54) is 7.11 Å². The number of hydrogen-bond acceptors (Lipinski definition) is 4. The zero-order valence-corrected chi connectivity index (χ0v) is 12.4. The van der Waals surface area contributed by atoms with Crippen LogP contribution in [0, 0.1) is 0 Å². The van der Waals surface area contributed by atoms with Crippen molar-refractivity contribution in [3.05, 3.63) is 23.8 Å². The van der Waals surface area contributed by atoms with E-state index in [-0.39, 0.29) is 11.7 Å². The normalized spacial score (nSPS) is 10.3. The van der Waals surface area contributed by atoms with E-state index in [0.29, 0.717) is 18.8 Å². The second kappa shape index (κ2) is 9.23. The largest absolute Gasteiger partial charge is 0.504 e. The van der Waals surface area contributed by atoms with Crippen molar-refractivity contribution in [1.82, 2.24) is 0 Å². The fourth-order valence-corrected chi connectivity index (χ4v) is 1.93. The molecule has 1 aromatic rings. The fourth-order valence-electron chi connectivity index (χ4n) is 1.93. The van der Waals surface area contributed by atoms with Gasteiger partial charge in [-0.1, -0.05) is 25.8 Å². The number of ether oxygens (including phenoxy) is 2. The lowest BCUT2D eigenvalue weighted by molar-refractivity contribution is -0.143. The van der Waals surface area contributed by atoms with Crippen LogP contribution >= 0.6 is 0 Å². The minimum Gasteiger partial charge on any atom is -0.504 e. The van der Waals surface area contributed by atoms with E-state index < -0.39 is 0 Å². The molecule has 0 aliphatic carbocycles. The van der Waals surface area contributed by atoms with Gasteiger partial charge in [-0.25, -0.2) is 0 Å². The first-order valence-corrected chi connectivity index (χ1v) is 7.19. The van der Waals surface area contributed by atoms with Crippen molar-refractivity contribution >= 4 is 5.97 Å². The molecule has 0 aromatic heterocycles. The van der Waals surface area contributed by atoms with Crippen molar-refractivity contribution < 1.29 is 19.4 Å². The third-order valence-electron chi connectivity index (χ3n) is 3.10. The Morgan fingerprint density at radius 1 is 1.25 bits per heavy atom. The number of carbonyl (C=O) groups is 1. The number of phenolic OH excluding ortho intramolecular Hbond substituents is 1. The van der Waals surface area contributed by atoms with Crippen LogP contribution in [0.15, 0.2) is 18.2 Å². The number of carbonyl (C=O) groups excluding carboxylic acids is 1. The summed E-state index contributed by atoms with van der Waals surface area (Å²) in [5.74, 6) is 0.499. The topological polar surface area (TPSA) is 55.8 Å². The number of methoxy groups -OCH3 is 1. The molecule has 20 heavy (non-hydrogen) atoms. The molecule has 0 spiro atoms. The summed E-state index contributed by atoms with van der Waals surface area (Å²) >= 11 is 0. The summed E-state index contributed by atoms with van der Waals surface area (Å²) in [6, 6.07) is 5.27. The van der Waals surface area contributed by atoms with Gasteiger partial charge >= 0.3 is 5.97 Å². The van der Waals surface area contributed by atoms with Crippen LogP contribution in [0.1, 0.15) is 44.6 Å². The SMILES string of the molecule is CCCCCC(=O)OCCCc1ccc(O)c(OC)c1. The Bertz CT molecular complexity index is 415. The molecule has 0 bridgehead atoms. The monoisotopic (exact) mass is 280 g/mol. The van der Waals surface area contributed by atoms with Crippen LogP contribution in [0.5, 0.6) is 11.5 Å². The summed E-state index contributed by atoms with van der Waals surface area (Å²) in [4.78, 5) is 11.4. The van der Waals surface area contributed by atoms with Crippen molar-refractivity contribution in [1.29, 1.82) is 0 Å². The molecule has 0 radical (unpaired) electrons. The lowest BCUT2D eigenvalue weighted by Gasteiger charge is -2.07. The van der Waals surface area contributed by atoms with Gasteiger partial charge in [0.25, 0.3) is 0 Å². The van der Waals surface area contributed by atoms with Gasteiger partial charge < -0.3 is 14.6 Å². The standard InChI is InChI=1S/C16H24O4/c1-3-4-5-8-16(18)20-11-6-7-13-9-10-14(17)15(12-13)19-2/h9-10,12,17H,3-8,11H2,1-2H3. The second-order valence-corrected chi connectivity index (χ2v) is 4.79. The third-order valence-corrected chi connectivity index (χ3v) is 3.10. The van der Waals surface area contributed by atoms with E-state index >= 15 is 0 Å². The van der Waals surface area contributed by atoms with Crippen LogP contribution in [0.3, 0.4) is 0 Å². The molecule has 0 amide bonds. The maximum absolute atomic E-state index is 11.4. The molecule has 1 rings (SSSR count). The molecule has 4 nitrogen and oxygen atoms in total. The van der Waals surface area contributed by atoms with Crippen LogP contribution in [0.25, 0.3) is 0 Å². The maximum atomic E-state index is 11.4. The molecule has 0 heterocycles. The lowest BCUT2D eigenvalue weighted by Crippen LogP contribution is -2.06. The molecule has 0 fully saturated rings. The molecular formula is C16H24O4. The predicted molar refractivity (Wildman–Crippen MR) is 78.1 cm³/mol. The molecule has 0 atom stereocenters. The van der Waals surface area contributed by atoms with Crippen LogP contribution < -0.4 is 4.74 Å². The fraction of sp³-hybridized carbons (Fsp3) is 0.562. The molecule has 0 saturated heterocycles. The highest BCUT2D eigenvalue weighted by Crippen LogP contribution is 2.26. The van der Waals surface area contributed by atoms with Crippen LogP contribution in [-0.2, 0) is 16.0 Å². The number of hydrogen-bond donors (Lipinski definition) is 1. The van der Waals surface area contributed by atoms with Gasteiger partial charge in [-0.2, -0.15) is 0 Å². The quantitative estimate of drug-likeness (QED) is 0.556. The summed E-state index contributed by atoms with van der Waals surface area (Å²) in [6.45, 7) is 2.55. The number of rotatable bonds is 9. The summed E-state index contributed by atoms with van der Waals surface area (Å²) in [6.07, 6.45) is 5.16. The van der Waals surface area contributed by atoms with Crippen LogP contribution in [0.2, 0.25) is 0 Å². The number of aromatic hydroxyl groups is 1. The van der Waals surface area contributed by atoms with Crippen molar-refractivity contribution in [3.63, 3.8) is 0 Å². The number of benzene rings is 1. The van der Waals surface area contributed by atoms with E-state index in [9.17, 15) is 9.90 Å². The second-order valence-electron chi connectivity index (χ2n) is 4.79. The zero-order valence-electron chi connectivity index (χ0n) is 12.4. The molecule has 0 unspecified atom stereocenters. The van der Waals surface area contributed by atoms with Gasteiger partial charge in [0.05, 0.1) is 13.7 Å². The van der Waals surface area contributed by atoms with Gasteiger partial charge in [-0.05, 0) is 37.0 Å². The van der Waals surface area contributed by atoms with E-state index in [4.69, 9.17) is 9.47 Å². The molecule has 1 N–H and O–H groups in total. The number of phenols is 1. The summed E-state index contributed by atoms with van der Waals surface area (Å²) < 4.78 is 10.2. The van der Waals surface area contributed by atoms with E-state index in [2.05, 4.69) is 6.92 Å². The molecule has 0 aliphatic heterocycles. The summed E-state index contributed by atoms with van der Waals surface area (Å²) in [5, 5.41) is 9.49. The molecule has 4 heteroatoms. The highest BCUT2D eigenvalue weighted by atomic mass is 16.5. The van der Waals surface area contributed by atoms with Gasteiger partial charge in [0, 0.05) is 6.42 Å². The van der Waals surface area contributed by atoms with Gasteiger partial charge in [-0.3, -0.25) is 4.79 Å². The number of unbranched alkanes of at least 4 members (excludes halogenated alkanes) is 2. The van der Waals surface area contributed by atoms with Crippen LogP contribution in [-0.4, -0.2) is 24.8 Å². The van der Waals surface area contributed by atoms with Gasteiger partial charge in [0.1, 0.15) is 0 Å². The maximum Gasteiger partial charge on any atom is 0.305 e. The Balaban J connectivity index is 2.22. The van der Waals surface area contributed by atoms with Crippen LogP contribution in [0.4, 0.5) is 0 Å². The Morgan fingerprint density at radius 3 is 2.75 bits per heavy atom. The minimum atomic E-state index is -0.110. The Kier molecular flexibility index (Phi) is 7.55. The predicted octanol–water partition coefficient (Wildman–Crippen LogP) is 3.46. The van der Waals surface area contributed by atoms with Gasteiger partial charge in [0.15, 0.2) is 11.5 Å². The average molecular weight is 280 g/mol. The highest BCUT2D eigenvalue weighted by Gasteiger charge is 2.04. The van der Waals surface area contributed by atoms with Crippen molar-refractivity contribution in [2.24, 2.45) is 0 Å². The summed E-state index contributed by atoms with van der Waals surface area (Å²) in [7, 11) is 1.52. The lowest BCUT2D eigenvalue weighted by atomic mass is 10.1. The Hall–Kier alpha value is -1.71. The zero-order chi connectivity index (χ0) is 14.8. The first-order valence-electron chi connectivity index (χ1n) is 7.19. The smallest absolute Gasteiger partial charge is 0.305 e. The third kappa shape index (κ3) is 5.95. The van der Waals surface area contributed by atoms with Gasteiger partial charge in [0.2, 0.25) is 0 Å². The average Bonchev–Trinajstić information content (AvgIpc) is 2.45. The molecule has 1 aromatic carbocycles. The van der Waals surface area contributed by atoms with E-state index in [0.717, 1.165) is 37.7 Å². The highest BCUT2D eigenvalue weighted by molar-refractivity contribution is 5.69. The Morgan fingerprint density at radius 2 is 2.05 bits per heavy atom. The van der Waals surface area contributed by atoms with Crippen molar-refractivity contribution in [2.45, 2.75) is 45.4 Å². The Labute approximate surface area is 120 Å². The first kappa shape index (κ1) is 16.3. The van der Waals surface area contributed by atoms with E-state index in [1.54, 1.807) is 12.1 Å². The van der Waals surface area contributed by atoms with Gasteiger partial charge in [-0.15, -0.1) is 0 Å². The minimum absolute atomic E-state index is 0.110. The van der Waals surface area contributed by atoms with E-state index in [1.807, 2.05) is 6.07 Å². The van der Waals surface area contributed by atoms with Crippen molar-refractivity contribution in [3.8, 4) is 11.5 Å². The first-order chi connectivity index (χ1) is 9.67. The number of aryl methyl sites for hydroxylation is 1. The number of esters is 1. The molecular weight excluding hydrogens is 256 g/mol. The molecule has 112 valence electrons. The molecule has 0 aliphatic rings. The summed E-state index contributed by atoms with van der Waals surface area (Å²) in [5.41, 5.74) is 1.06. The molecule has 0 saturated carbocycles. The van der Waals surface area contributed by atoms with Crippen molar-refractivity contribution in [2.75, 3.05) is 13.7 Å².